The van der Waals surface area contributed by atoms with E-state index in [2.05, 4.69) is 5.16 Å². The molecule has 0 aliphatic carbocycles. The van der Waals surface area contributed by atoms with Crippen molar-refractivity contribution in [3.05, 3.63) is 33.8 Å². The van der Waals surface area contributed by atoms with Crippen LogP contribution in [0.15, 0.2) is 23.4 Å². The minimum atomic E-state index is 0.178. The number of nitrogens with two attached hydrogens (primary N) is 1. The number of hydrogen-bond acceptors (Lipinski definition) is 3. The lowest BCUT2D eigenvalue weighted by atomic mass is 10.2. The van der Waals surface area contributed by atoms with Gasteiger partial charge in [0.1, 0.15) is 0 Å². The van der Waals surface area contributed by atoms with Crippen molar-refractivity contribution in [2.45, 2.75) is 13.5 Å². The van der Waals surface area contributed by atoms with E-state index in [1.165, 1.54) is 0 Å². The van der Waals surface area contributed by atoms with Crippen LogP contribution in [0.5, 0.6) is 0 Å². The summed E-state index contributed by atoms with van der Waals surface area (Å²) in [6, 6.07) is 5.37. The predicted molar refractivity (Wildman–Crippen MR) is 70.8 cm³/mol. The number of oxime groups is 1. The minimum absolute atomic E-state index is 0.178. The van der Waals surface area contributed by atoms with Gasteiger partial charge in [0.25, 0.3) is 0 Å². The topological polar surface area (TPSA) is 61.8 Å². The zero-order valence-corrected chi connectivity index (χ0v) is 11.0. The molecule has 1 aromatic rings. The first-order valence-corrected chi connectivity index (χ1v) is 5.95. The Bertz CT molecular complexity index is 410. The summed E-state index contributed by atoms with van der Waals surface area (Å²) in [5, 5.41) is 12.7. The fraction of sp³-hybridized carbons (Fsp3) is 0.364. The number of halogens is 2. The SMILES string of the molecule is CCN(CC(N)=NO)Cc1ccc(Cl)cc1Cl. The summed E-state index contributed by atoms with van der Waals surface area (Å²) >= 11 is 11.9. The highest BCUT2D eigenvalue weighted by atomic mass is 35.5. The van der Waals surface area contributed by atoms with Crippen molar-refractivity contribution in [3.63, 3.8) is 0 Å². The summed E-state index contributed by atoms with van der Waals surface area (Å²) in [5.74, 6) is 0.178. The highest BCUT2D eigenvalue weighted by Gasteiger charge is 2.09. The van der Waals surface area contributed by atoms with Crippen LogP contribution in [0.3, 0.4) is 0 Å². The van der Waals surface area contributed by atoms with Gasteiger partial charge in [-0.15, -0.1) is 0 Å². The van der Waals surface area contributed by atoms with Crippen molar-refractivity contribution in [1.29, 1.82) is 0 Å². The lowest BCUT2D eigenvalue weighted by molar-refractivity contribution is 0.294. The van der Waals surface area contributed by atoms with Crippen LogP contribution in [-0.4, -0.2) is 29.0 Å². The molecule has 0 atom stereocenters. The number of benzene rings is 1. The predicted octanol–water partition coefficient (Wildman–Crippen LogP) is 2.56. The Labute approximate surface area is 111 Å². The first-order valence-electron chi connectivity index (χ1n) is 5.19. The molecule has 6 heteroatoms. The van der Waals surface area contributed by atoms with E-state index in [0.717, 1.165) is 12.1 Å². The van der Waals surface area contributed by atoms with Gasteiger partial charge in [0.2, 0.25) is 0 Å². The number of rotatable bonds is 5. The lowest BCUT2D eigenvalue weighted by Gasteiger charge is -2.20. The first-order chi connectivity index (χ1) is 8.06. The molecule has 3 N–H and O–H groups in total. The molecule has 1 rings (SSSR count). The monoisotopic (exact) mass is 275 g/mol. The Balaban J connectivity index is 2.73. The minimum Gasteiger partial charge on any atom is -0.409 e. The van der Waals surface area contributed by atoms with Crippen LogP contribution in [0.4, 0.5) is 0 Å². The smallest absolute Gasteiger partial charge is 0.153 e. The first kappa shape index (κ1) is 14.1. The third kappa shape index (κ3) is 4.42. The molecule has 0 fully saturated rings. The van der Waals surface area contributed by atoms with Crippen LogP contribution < -0.4 is 5.73 Å². The van der Waals surface area contributed by atoms with Crippen LogP contribution in [0.2, 0.25) is 10.0 Å². The maximum atomic E-state index is 8.53. The average molecular weight is 276 g/mol. The molecule has 1 aromatic carbocycles. The van der Waals surface area contributed by atoms with Gasteiger partial charge in [-0.2, -0.15) is 0 Å². The van der Waals surface area contributed by atoms with E-state index in [1.807, 2.05) is 17.9 Å². The van der Waals surface area contributed by atoms with Crippen LogP contribution >= 0.6 is 23.2 Å². The van der Waals surface area contributed by atoms with Gasteiger partial charge in [-0.25, -0.2) is 0 Å². The molecule has 0 radical (unpaired) electrons. The largest absolute Gasteiger partial charge is 0.409 e. The maximum Gasteiger partial charge on any atom is 0.153 e. The Morgan fingerprint density at radius 1 is 1.47 bits per heavy atom. The molecular weight excluding hydrogens is 261 g/mol. The zero-order valence-electron chi connectivity index (χ0n) is 9.53. The molecule has 94 valence electrons. The van der Waals surface area contributed by atoms with Crippen molar-refractivity contribution < 1.29 is 5.21 Å². The highest BCUT2D eigenvalue weighted by Crippen LogP contribution is 2.22. The van der Waals surface area contributed by atoms with Crippen molar-refractivity contribution in [2.75, 3.05) is 13.1 Å². The van der Waals surface area contributed by atoms with Gasteiger partial charge in [0.15, 0.2) is 5.84 Å². The second-order valence-electron chi connectivity index (χ2n) is 3.63. The van der Waals surface area contributed by atoms with E-state index in [4.69, 9.17) is 34.1 Å². The third-order valence-corrected chi connectivity index (χ3v) is 2.96. The van der Waals surface area contributed by atoms with Gasteiger partial charge < -0.3 is 10.9 Å². The summed E-state index contributed by atoms with van der Waals surface area (Å²) in [5.41, 5.74) is 6.43. The summed E-state index contributed by atoms with van der Waals surface area (Å²) in [6.45, 7) is 3.79. The van der Waals surface area contributed by atoms with Crippen LogP contribution in [-0.2, 0) is 6.54 Å². The van der Waals surface area contributed by atoms with Gasteiger partial charge in [0, 0.05) is 16.6 Å². The van der Waals surface area contributed by atoms with Gasteiger partial charge in [-0.1, -0.05) is 41.3 Å². The summed E-state index contributed by atoms with van der Waals surface area (Å²) in [7, 11) is 0. The normalized spacial score (nSPS) is 12.1. The van der Waals surface area contributed by atoms with Crippen LogP contribution in [0, 0.1) is 0 Å². The van der Waals surface area contributed by atoms with Gasteiger partial charge >= 0.3 is 0 Å². The molecule has 0 aromatic heterocycles. The standard InChI is InChI=1S/C11H15Cl2N3O/c1-2-16(7-11(14)15-17)6-8-3-4-9(12)5-10(8)13/h3-5,17H,2,6-7H2,1H3,(H2,14,15). The molecule has 17 heavy (non-hydrogen) atoms. The Kier molecular flexibility index (Phi) is 5.55. The average Bonchev–Trinajstić information content (AvgIpc) is 2.31. The molecule has 0 bridgehead atoms. The van der Waals surface area contributed by atoms with Crippen LogP contribution in [0.1, 0.15) is 12.5 Å². The van der Waals surface area contributed by atoms with Crippen molar-refractivity contribution in [3.8, 4) is 0 Å². The van der Waals surface area contributed by atoms with E-state index in [1.54, 1.807) is 12.1 Å². The fourth-order valence-corrected chi connectivity index (χ4v) is 1.90. The molecule has 0 spiro atoms. The van der Waals surface area contributed by atoms with Crippen molar-refractivity contribution in [2.24, 2.45) is 10.9 Å². The molecule has 0 aliphatic rings. The van der Waals surface area contributed by atoms with E-state index in [9.17, 15) is 0 Å². The molecular formula is C11H15Cl2N3O. The summed E-state index contributed by atoms with van der Waals surface area (Å²) in [6.07, 6.45) is 0. The molecule has 0 saturated carbocycles. The summed E-state index contributed by atoms with van der Waals surface area (Å²) < 4.78 is 0. The molecule has 0 aliphatic heterocycles. The van der Waals surface area contributed by atoms with Gasteiger partial charge in [-0.05, 0) is 24.2 Å². The van der Waals surface area contributed by atoms with Gasteiger partial charge in [-0.3, -0.25) is 4.90 Å². The number of likely N-dealkylation sites (N-methyl/N-ethyl adjacent to an activating group) is 1. The third-order valence-electron chi connectivity index (χ3n) is 2.37. The summed E-state index contributed by atoms with van der Waals surface area (Å²) in [4.78, 5) is 2.00. The molecule has 0 unspecified atom stereocenters. The van der Waals surface area contributed by atoms with E-state index < -0.39 is 0 Å². The fourth-order valence-electron chi connectivity index (χ4n) is 1.43. The van der Waals surface area contributed by atoms with Gasteiger partial charge in [0.05, 0.1) is 6.54 Å². The lowest BCUT2D eigenvalue weighted by Crippen LogP contribution is -2.33. The Morgan fingerprint density at radius 2 is 2.18 bits per heavy atom. The number of amidine groups is 1. The quantitative estimate of drug-likeness (QED) is 0.376. The Hall–Kier alpha value is -0.970. The zero-order chi connectivity index (χ0) is 12.8. The Morgan fingerprint density at radius 3 is 2.71 bits per heavy atom. The van der Waals surface area contributed by atoms with E-state index in [0.29, 0.717) is 23.1 Å². The highest BCUT2D eigenvalue weighted by molar-refractivity contribution is 6.35. The second kappa shape index (κ2) is 6.69. The van der Waals surface area contributed by atoms with E-state index in [-0.39, 0.29) is 5.84 Å². The number of hydrogen-bond donors (Lipinski definition) is 2. The van der Waals surface area contributed by atoms with Crippen molar-refractivity contribution in [1.82, 2.24) is 4.90 Å². The maximum absolute atomic E-state index is 8.53. The van der Waals surface area contributed by atoms with Crippen molar-refractivity contribution >= 4 is 29.0 Å². The van der Waals surface area contributed by atoms with Crippen LogP contribution in [0.25, 0.3) is 0 Å². The van der Waals surface area contributed by atoms with E-state index >= 15 is 0 Å². The number of nitrogens with zero attached hydrogens (tertiary/aromatic N) is 2. The second-order valence-corrected chi connectivity index (χ2v) is 4.47. The molecule has 0 heterocycles. The molecule has 0 saturated heterocycles. The molecule has 0 amide bonds. The molecule has 4 nitrogen and oxygen atoms in total.